The summed E-state index contributed by atoms with van der Waals surface area (Å²) in [6, 6.07) is 0.773. The normalized spacial score (nSPS) is 18.2. The van der Waals surface area contributed by atoms with Crippen molar-refractivity contribution >= 4 is 0 Å². The van der Waals surface area contributed by atoms with Gasteiger partial charge in [-0.3, -0.25) is 0 Å². The van der Waals surface area contributed by atoms with Gasteiger partial charge in [0.25, 0.3) is 0 Å². The summed E-state index contributed by atoms with van der Waals surface area (Å²) in [4.78, 5) is 2.63. The van der Waals surface area contributed by atoms with Gasteiger partial charge in [-0.05, 0) is 65.6 Å². The van der Waals surface area contributed by atoms with Crippen LogP contribution in [0.15, 0.2) is 0 Å². The molecular weight excluding hydrogens is 232 g/mol. The fourth-order valence-electron chi connectivity index (χ4n) is 3.28. The minimum atomic E-state index is 0.293. The van der Waals surface area contributed by atoms with Crippen molar-refractivity contribution in [3.63, 3.8) is 0 Å². The molecule has 0 aromatic heterocycles. The summed E-state index contributed by atoms with van der Waals surface area (Å²) in [7, 11) is 0. The average molecular weight is 268 g/mol. The highest BCUT2D eigenvalue weighted by Crippen LogP contribution is 2.21. The van der Waals surface area contributed by atoms with Crippen molar-refractivity contribution in [2.24, 2.45) is 0 Å². The Hall–Kier alpha value is -0.0800. The van der Waals surface area contributed by atoms with Gasteiger partial charge >= 0.3 is 0 Å². The highest BCUT2D eigenvalue weighted by Gasteiger charge is 2.23. The van der Waals surface area contributed by atoms with Gasteiger partial charge in [-0.2, -0.15) is 0 Å². The highest BCUT2D eigenvalue weighted by atomic mass is 15.1. The maximum Gasteiger partial charge on any atom is 0.0139 e. The summed E-state index contributed by atoms with van der Waals surface area (Å²) >= 11 is 0. The van der Waals surface area contributed by atoms with E-state index in [1.54, 1.807) is 0 Å². The maximum absolute atomic E-state index is 3.91. The largest absolute Gasteiger partial charge is 0.309 e. The van der Waals surface area contributed by atoms with Crippen molar-refractivity contribution < 1.29 is 0 Å². The molecule has 1 N–H and O–H groups in total. The van der Waals surface area contributed by atoms with E-state index in [9.17, 15) is 0 Å². The van der Waals surface area contributed by atoms with Crippen molar-refractivity contribution in [1.29, 1.82) is 0 Å². The quantitative estimate of drug-likeness (QED) is 0.674. The molecule has 0 atom stereocenters. The third-order valence-electron chi connectivity index (χ3n) is 4.33. The molecule has 0 unspecified atom stereocenters. The van der Waals surface area contributed by atoms with E-state index in [-0.39, 0.29) is 0 Å². The Bertz CT molecular complexity index is 213. The molecule has 2 nitrogen and oxygen atoms in total. The molecule has 1 saturated carbocycles. The Morgan fingerprint density at radius 1 is 0.947 bits per heavy atom. The van der Waals surface area contributed by atoms with E-state index in [2.05, 4.69) is 37.9 Å². The first kappa shape index (κ1) is 17.0. The van der Waals surface area contributed by atoms with Crippen LogP contribution in [-0.2, 0) is 0 Å². The Balaban J connectivity index is 2.30. The topological polar surface area (TPSA) is 15.3 Å². The van der Waals surface area contributed by atoms with Crippen LogP contribution in [-0.4, -0.2) is 36.1 Å². The molecule has 0 saturated heterocycles. The van der Waals surface area contributed by atoms with E-state index in [0.717, 1.165) is 6.04 Å². The monoisotopic (exact) mass is 268 g/mol. The van der Waals surface area contributed by atoms with Gasteiger partial charge < -0.3 is 10.2 Å². The Morgan fingerprint density at radius 3 is 2.05 bits per heavy atom. The van der Waals surface area contributed by atoms with Crippen LogP contribution in [0.25, 0.3) is 0 Å². The summed E-state index contributed by atoms with van der Waals surface area (Å²) in [5.74, 6) is 0. The Kier molecular flexibility index (Phi) is 8.01. The molecule has 0 aromatic carbocycles. The lowest BCUT2D eigenvalue weighted by Gasteiger charge is -2.35. The van der Waals surface area contributed by atoms with Crippen molar-refractivity contribution in [3.8, 4) is 0 Å². The van der Waals surface area contributed by atoms with E-state index < -0.39 is 0 Å². The third-order valence-corrected chi connectivity index (χ3v) is 4.33. The molecule has 1 aliphatic carbocycles. The van der Waals surface area contributed by atoms with Gasteiger partial charge in [0.1, 0.15) is 0 Å². The summed E-state index contributed by atoms with van der Waals surface area (Å²) in [5, 5.41) is 3.91. The standard InChI is InChI=1S/C17H36N2/c1-5-13-19(14-6-2)15-12-17(3,4)18-16-10-8-7-9-11-16/h16,18H,5-15H2,1-4H3. The number of hydrogen-bond acceptors (Lipinski definition) is 2. The predicted molar refractivity (Wildman–Crippen MR) is 85.7 cm³/mol. The first-order valence-corrected chi connectivity index (χ1v) is 8.57. The van der Waals surface area contributed by atoms with E-state index in [1.165, 1.54) is 71.0 Å². The minimum Gasteiger partial charge on any atom is -0.309 e. The SMILES string of the molecule is CCCN(CCC)CCC(C)(C)NC1CCCCC1. The summed E-state index contributed by atoms with van der Waals surface area (Å²) < 4.78 is 0. The van der Waals surface area contributed by atoms with Crippen LogP contribution in [0.4, 0.5) is 0 Å². The maximum atomic E-state index is 3.91. The molecule has 2 heteroatoms. The Morgan fingerprint density at radius 2 is 1.53 bits per heavy atom. The molecule has 19 heavy (non-hydrogen) atoms. The summed E-state index contributed by atoms with van der Waals surface area (Å²) in [5.41, 5.74) is 0.293. The van der Waals surface area contributed by atoms with E-state index in [0.29, 0.717) is 5.54 Å². The molecular formula is C17H36N2. The fraction of sp³-hybridized carbons (Fsp3) is 1.00. The lowest BCUT2D eigenvalue weighted by atomic mass is 9.91. The second-order valence-electron chi connectivity index (χ2n) is 6.95. The van der Waals surface area contributed by atoms with Gasteiger partial charge in [0.05, 0.1) is 0 Å². The van der Waals surface area contributed by atoms with Crippen LogP contribution in [0.2, 0.25) is 0 Å². The van der Waals surface area contributed by atoms with Crippen LogP contribution >= 0.6 is 0 Å². The molecule has 0 amide bonds. The van der Waals surface area contributed by atoms with Crippen LogP contribution < -0.4 is 5.32 Å². The predicted octanol–water partition coefficient (Wildman–Crippen LogP) is 4.20. The van der Waals surface area contributed by atoms with Crippen molar-refractivity contribution in [3.05, 3.63) is 0 Å². The van der Waals surface area contributed by atoms with Gasteiger partial charge in [0, 0.05) is 11.6 Å². The van der Waals surface area contributed by atoms with Crippen LogP contribution in [0.5, 0.6) is 0 Å². The fourth-order valence-corrected chi connectivity index (χ4v) is 3.28. The zero-order valence-electron chi connectivity index (χ0n) is 13.8. The minimum absolute atomic E-state index is 0.293. The van der Waals surface area contributed by atoms with Crippen LogP contribution in [0, 0.1) is 0 Å². The zero-order chi connectivity index (χ0) is 14.1. The Labute approximate surface area is 121 Å². The smallest absolute Gasteiger partial charge is 0.0139 e. The molecule has 0 spiro atoms. The number of hydrogen-bond donors (Lipinski definition) is 1. The summed E-state index contributed by atoms with van der Waals surface area (Å²) in [6.45, 7) is 13.1. The lowest BCUT2D eigenvalue weighted by Crippen LogP contribution is -2.48. The van der Waals surface area contributed by atoms with E-state index in [1.807, 2.05) is 0 Å². The van der Waals surface area contributed by atoms with Crippen molar-refractivity contribution in [1.82, 2.24) is 10.2 Å². The molecule has 114 valence electrons. The van der Waals surface area contributed by atoms with Gasteiger partial charge in [-0.25, -0.2) is 0 Å². The molecule has 1 fully saturated rings. The molecule has 1 rings (SSSR count). The number of nitrogens with one attached hydrogen (secondary N) is 1. The molecule has 0 aromatic rings. The average Bonchev–Trinajstić information content (AvgIpc) is 2.37. The molecule has 1 aliphatic rings. The number of rotatable bonds is 9. The highest BCUT2D eigenvalue weighted by molar-refractivity contribution is 4.85. The van der Waals surface area contributed by atoms with Gasteiger partial charge in [0.15, 0.2) is 0 Å². The first-order valence-electron chi connectivity index (χ1n) is 8.57. The lowest BCUT2D eigenvalue weighted by molar-refractivity contribution is 0.211. The number of nitrogens with zero attached hydrogens (tertiary/aromatic N) is 1. The second-order valence-corrected chi connectivity index (χ2v) is 6.95. The molecule has 0 radical (unpaired) electrons. The molecule has 0 aliphatic heterocycles. The van der Waals surface area contributed by atoms with Gasteiger partial charge in [0.2, 0.25) is 0 Å². The molecule has 0 heterocycles. The third kappa shape index (κ3) is 7.31. The molecule has 0 bridgehead atoms. The van der Waals surface area contributed by atoms with Crippen LogP contribution in [0.3, 0.4) is 0 Å². The van der Waals surface area contributed by atoms with E-state index in [4.69, 9.17) is 0 Å². The van der Waals surface area contributed by atoms with Crippen molar-refractivity contribution in [2.45, 2.75) is 90.6 Å². The van der Waals surface area contributed by atoms with E-state index >= 15 is 0 Å². The van der Waals surface area contributed by atoms with Gasteiger partial charge in [-0.1, -0.05) is 33.1 Å². The first-order chi connectivity index (χ1) is 9.07. The summed E-state index contributed by atoms with van der Waals surface area (Å²) in [6.07, 6.45) is 10.9. The van der Waals surface area contributed by atoms with Crippen LogP contribution in [0.1, 0.15) is 79.1 Å². The van der Waals surface area contributed by atoms with Crippen molar-refractivity contribution in [2.75, 3.05) is 19.6 Å². The van der Waals surface area contributed by atoms with Gasteiger partial charge in [-0.15, -0.1) is 0 Å². The second kappa shape index (κ2) is 8.97. The zero-order valence-corrected chi connectivity index (χ0v) is 13.8.